The second-order valence-corrected chi connectivity index (χ2v) is 6.23. The molecule has 2 aromatic carbocycles. The minimum atomic E-state index is -4.99. The lowest BCUT2D eigenvalue weighted by Gasteiger charge is -2.16. The van der Waals surface area contributed by atoms with Crippen LogP contribution in [0.1, 0.15) is 11.3 Å². The van der Waals surface area contributed by atoms with Crippen LogP contribution in [0.25, 0.3) is 33.0 Å². The summed E-state index contributed by atoms with van der Waals surface area (Å²) in [5, 5.41) is 0.119. The zero-order valence-electron chi connectivity index (χ0n) is 14.2. The largest absolute Gasteiger partial charge is 0.433 e. The van der Waals surface area contributed by atoms with E-state index >= 15 is 0 Å². The average molecular weight is 409 g/mol. The van der Waals surface area contributed by atoms with E-state index in [2.05, 4.69) is 4.98 Å². The van der Waals surface area contributed by atoms with Crippen molar-refractivity contribution in [2.45, 2.75) is 12.4 Å². The van der Waals surface area contributed by atoms with Crippen molar-refractivity contribution in [1.82, 2.24) is 4.98 Å². The standard InChI is InChI=1S/C20H9F6NO2/c21-19(22,23)14-6-3-5-11-12(8-16(20(24,25)26)27-18(11)14)13-9-17(28)29-15-7-2-1-4-10(13)15/h1-9H. The number of hydrogen-bond donors (Lipinski definition) is 0. The molecule has 148 valence electrons. The summed E-state index contributed by atoms with van der Waals surface area (Å²) in [5.41, 5.74) is -4.55. The highest BCUT2D eigenvalue weighted by Crippen LogP contribution is 2.41. The van der Waals surface area contributed by atoms with E-state index in [1.807, 2.05) is 0 Å². The Hall–Kier alpha value is -3.36. The fourth-order valence-corrected chi connectivity index (χ4v) is 3.18. The first-order valence-corrected chi connectivity index (χ1v) is 8.17. The molecule has 0 spiro atoms. The molecule has 0 saturated carbocycles. The van der Waals surface area contributed by atoms with Crippen LogP contribution in [-0.2, 0) is 12.4 Å². The van der Waals surface area contributed by atoms with E-state index in [4.69, 9.17) is 4.42 Å². The number of alkyl halides is 6. The number of rotatable bonds is 1. The number of halogens is 6. The average Bonchev–Trinajstić information content (AvgIpc) is 2.64. The molecule has 4 rings (SSSR count). The van der Waals surface area contributed by atoms with Crippen molar-refractivity contribution >= 4 is 21.9 Å². The molecule has 0 radical (unpaired) electrons. The topological polar surface area (TPSA) is 43.1 Å². The van der Waals surface area contributed by atoms with Crippen LogP contribution < -0.4 is 5.63 Å². The van der Waals surface area contributed by atoms with Crippen molar-refractivity contribution in [3.63, 3.8) is 0 Å². The van der Waals surface area contributed by atoms with Gasteiger partial charge in [-0.15, -0.1) is 0 Å². The van der Waals surface area contributed by atoms with Crippen LogP contribution in [0.4, 0.5) is 26.3 Å². The molecular formula is C20H9F6NO2. The highest BCUT2D eigenvalue weighted by Gasteiger charge is 2.37. The van der Waals surface area contributed by atoms with Gasteiger partial charge in [0, 0.05) is 22.4 Å². The van der Waals surface area contributed by atoms with Crippen molar-refractivity contribution in [3.8, 4) is 11.1 Å². The van der Waals surface area contributed by atoms with Gasteiger partial charge in [-0.3, -0.25) is 0 Å². The number of hydrogen-bond acceptors (Lipinski definition) is 3. The van der Waals surface area contributed by atoms with E-state index in [0.29, 0.717) is 12.1 Å². The first kappa shape index (κ1) is 19.0. The Morgan fingerprint density at radius 1 is 0.759 bits per heavy atom. The molecule has 0 unspecified atom stereocenters. The Kier molecular flexibility index (Phi) is 4.14. The van der Waals surface area contributed by atoms with Crippen LogP contribution in [0.5, 0.6) is 0 Å². The van der Waals surface area contributed by atoms with E-state index in [-0.39, 0.29) is 27.5 Å². The number of para-hydroxylation sites is 2. The molecule has 4 aromatic rings. The minimum Gasteiger partial charge on any atom is -0.423 e. The Bertz CT molecular complexity index is 1300. The monoisotopic (exact) mass is 409 g/mol. The molecule has 0 saturated heterocycles. The van der Waals surface area contributed by atoms with Crippen LogP contribution in [-0.4, -0.2) is 4.98 Å². The van der Waals surface area contributed by atoms with Crippen molar-refractivity contribution < 1.29 is 30.8 Å². The number of nitrogens with zero attached hydrogens (tertiary/aromatic N) is 1. The third-order valence-electron chi connectivity index (χ3n) is 4.38. The highest BCUT2D eigenvalue weighted by atomic mass is 19.4. The molecule has 0 atom stereocenters. The number of fused-ring (bicyclic) bond motifs is 2. The summed E-state index contributed by atoms with van der Waals surface area (Å²) in [7, 11) is 0. The summed E-state index contributed by atoms with van der Waals surface area (Å²) in [5.74, 6) is 0. The zero-order chi connectivity index (χ0) is 21.0. The smallest absolute Gasteiger partial charge is 0.423 e. The van der Waals surface area contributed by atoms with Gasteiger partial charge in [0.15, 0.2) is 0 Å². The molecule has 2 aromatic heterocycles. The Labute approximate surface area is 158 Å². The summed E-state index contributed by atoms with van der Waals surface area (Å²) in [4.78, 5) is 15.2. The molecule has 0 aliphatic carbocycles. The lowest BCUT2D eigenvalue weighted by molar-refractivity contribution is -0.142. The quantitative estimate of drug-likeness (QED) is 0.284. The maximum atomic E-state index is 13.4. The van der Waals surface area contributed by atoms with Gasteiger partial charge in [-0.1, -0.05) is 30.3 Å². The predicted molar refractivity (Wildman–Crippen MR) is 93.2 cm³/mol. The lowest BCUT2D eigenvalue weighted by atomic mass is 9.96. The number of aromatic nitrogens is 1. The molecule has 9 heteroatoms. The van der Waals surface area contributed by atoms with Crippen molar-refractivity contribution in [1.29, 1.82) is 0 Å². The molecule has 29 heavy (non-hydrogen) atoms. The fourth-order valence-electron chi connectivity index (χ4n) is 3.18. The zero-order valence-corrected chi connectivity index (χ0v) is 14.2. The maximum Gasteiger partial charge on any atom is 0.433 e. The van der Waals surface area contributed by atoms with Crippen LogP contribution in [0.15, 0.2) is 63.8 Å². The lowest BCUT2D eigenvalue weighted by Crippen LogP contribution is -2.12. The van der Waals surface area contributed by atoms with Crippen molar-refractivity contribution in [2.75, 3.05) is 0 Å². The van der Waals surface area contributed by atoms with Crippen LogP contribution >= 0.6 is 0 Å². The van der Waals surface area contributed by atoms with E-state index in [1.165, 1.54) is 18.2 Å². The molecule has 0 bridgehead atoms. The molecule has 0 aliphatic heterocycles. The summed E-state index contributed by atoms with van der Waals surface area (Å²) in [6, 6.07) is 10.6. The molecular weight excluding hydrogens is 400 g/mol. The minimum absolute atomic E-state index is 0.0223. The summed E-state index contributed by atoms with van der Waals surface area (Å²) in [6.45, 7) is 0. The molecule has 0 amide bonds. The van der Waals surface area contributed by atoms with Crippen LogP contribution in [0.3, 0.4) is 0 Å². The van der Waals surface area contributed by atoms with Gasteiger partial charge < -0.3 is 4.42 Å². The molecule has 0 N–H and O–H groups in total. The van der Waals surface area contributed by atoms with E-state index in [9.17, 15) is 31.1 Å². The molecule has 3 nitrogen and oxygen atoms in total. The van der Waals surface area contributed by atoms with Crippen LogP contribution in [0.2, 0.25) is 0 Å². The van der Waals surface area contributed by atoms with Crippen LogP contribution in [0, 0.1) is 0 Å². The van der Waals surface area contributed by atoms with Gasteiger partial charge in [0.25, 0.3) is 0 Å². The summed E-state index contributed by atoms with van der Waals surface area (Å²) < 4.78 is 85.5. The Balaban J connectivity index is 2.20. The van der Waals surface area contributed by atoms with Gasteiger partial charge in [0.05, 0.1) is 11.1 Å². The fraction of sp³-hybridized carbons (Fsp3) is 0.100. The van der Waals surface area contributed by atoms with Gasteiger partial charge in [0.2, 0.25) is 0 Å². The third-order valence-corrected chi connectivity index (χ3v) is 4.38. The van der Waals surface area contributed by atoms with E-state index < -0.39 is 34.8 Å². The predicted octanol–water partition coefficient (Wildman–Crippen LogP) is 6.05. The van der Waals surface area contributed by atoms with Gasteiger partial charge in [0.1, 0.15) is 11.3 Å². The number of pyridine rings is 1. The SMILES string of the molecule is O=c1cc(-c2cc(C(F)(F)F)nc3c(C(F)(F)F)cccc23)c2ccccc2o1. The molecule has 0 aliphatic rings. The second-order valence-electron chi connectivity index (χ2n) is 6.23. The normalized spacial score (nSPS) is 12.6. The summed E-state index contributed by atoms with van der Waals surface area (Å²) >= 11 is 0. The van der Waals surface area contributed by atoms with Crippen molar-refractivity contribution in [2.24, 2.45) is 0 Å². The Morgan fingerprint density at radius 3 is 2.10 bits per heavy atom. The highest BCUT2D eigenvalue weighted by molar-refractivity contribution is 6.03. The molecule has 0 fully saturated rings. The van der Waals surface area contributed by atoms with E-state index in [1.54, 1.807) is 12.1 Å². The first-order chi connectivity index (χ1) is 13.6. The van der Waals surface area contributed by atoms with Gasteiger partial charge in [-0.25, -0.2) is 9.78 Å². The summed E-state index contributed by atoms with van der Waals surface area (Å²) in [6.07, 6.45) is -9.90. The van der Waals surface area contributed by atoms with Crippen molar-refractivity contribution in [3.05, 3.63) is 76.3 Å². The van der Waals surface area contributed by atoms with Gasteiger partial charge in [-0.05, 0) is 23.8 Å². The number of benzene rings is 2. The first-order valence-electron chi connectivity index (χ1n) is 8.17. The third kappa shape index (κ3) is 3.32. The van der Waals surface area contributed by atoms with Gasteiger partial charge in [-0.2, -0.15) is 26.3 Å². The maximum absolute atomic E-state index is 13.4. The molecule has 2 heterocycles. The second kappa shape index (κ2) is 6.33. The van der Waals surface area contributed by atoms with Gasteiger partial charge >= 0.3 is 18.0 Å². The Morgan fingerprint density at radius 2 is 1.41 bits per heavy atom. The van der Waals surface area contributed by atoms with E-state index in [0.717, 1.165) is 12.1 Å².